The van der Waals surface area contributed by atoms with Crippen molar-refractivity contribution in [3.63, 3.8) is 0 Å². The lowest BCUT2D eigenvalue weighted by Crippen LogP contribution is -2.40. The van der Waals surface area contributed by atoms with Crippen molar-refractivity contribution in [2.24, 2.45) is 0 Å². The van der Waals surface area contributed by atoms with Gasteiger partial charge in [-0.15, -0.1) is 0 Å². The molecule has 1 aliphatic heterocycles. The molecule has 0 spiro atoms. The van der Waals surface area contributed by atoms with E-state index in [1.54, 1.807) is 7.05 Å². The Kier molecular flexibility index (Phi) is 5.87. The first-order chi connectivity index (χ1) is 8.40. The first-order valence-electron chi connectivity index (χ1n) is 6.01. The molecule has 1 unspecified atom stereocenters. The highest BCUT2D eigenvalue weighted by atomic mass is 19.4. The Hall–Kier alpha value is -0.820. The molecule has 0 aromatic carbocycles. The van der Waals surface area contributed by atoms with Gasteiger partial charge < -0.3 is 15.0 Å². The molecule has 1 N–H and O–H groups in total. The van der Waals surface area contributed by atoms with Crippen molar-refractivity contribution in [1.29, 1.82) is 0 Å². The first kappa shape index (κ1) is 15.2. The second kappa shape index (κ2) is 6.94. The van der Waals surface area contributed by atoms with Crippen LogP contribution in [0.15, 0.2) is 0 Å². The molecule has 1 aliphatic rings. The Bertz CT molecular complexity index is 264. The highest BCUT2D eigenvalue weighted by Crippen LogP contribution is 2.15. The van der Waals surface area contributed by atoms with Gasteiger partial charge in [-0.2, -0.15) is 13.2 Å². The minimum atomic E-state index is -4.38. The van der Waals surface area contributed by atoms with Gasteiger partial charge in [0.05, 0.1) is 0 Å². The Labute approximate surface area is 104 Å². The van der Waals surface area contributed by atoms with Gasteiger partial charge in [0.25, 0.3) is 0 Å². The van der Waals surface area contributed by atoms with Crippen LogP contribution in [0.2, 0.25) is 0 Å². The first-order valence-corrected chi connectivity index (χ1v) is 6.01. The number of halogens is 3. The number of hydrogen-bond acceptors (Lipinski definition) is 3. The maximum absolute atomic E-state index is 11.9. The van der Waals surface area contributed by atoms with E-state index < -0.39 is 25.3 Å². The van der Waals surface area contributed by atoms with Crippen LogP contribution >= 0.6 is 0 Å². The third-order valence-corrected chi connectivity index (χ3v) is 2.98. The van der Waals surface area contributed by atoms with Crippen LogP contribution in [-0.4, -0.2) is 56.4 Å². The van der Waals surface area contributed by atoms with Crippen molar-refractivity contribution in [2.75, 3.05) is 33.4 Å². The van der Waals surface area contributed by atoms with Crippen molar-refractivity contribution in [3.05, 3.63) is 0 Å². The van der Waals surface area contributed by atoms with Gasteiger partial charge >= 0.3 is 6.18 Å². The number of nitrogens with zero attached hydrogens (tertiary/aromatic N) is 1. The largest absolute Gasteiger partial charge is 0.411 e. The van der Waals surface area contributed by atoms with E-state index in [-0.39, 0.29) is 6.04 Å². The third-order valence-electron chi connectivity index (χ3n) is 2.98. The van der Waals surface area contributed by atoms with E-state index in [0.29, 0.717) is 0 Å². The van der Waals surface area contributed by atoms with Crippen LogP contribution in [0.25, 0.3) is 0 Å². The average molecular weight is 268 g/mol. The molecule has 0 aromatic heterocycles. The topological polar surface area (TPSA) is 41.6 Å². The maximum Gasteiger partial charge on any atom is 0.411 e. The standard InChI is InChI=1S/C11H19F3N2O2/c1-16(9-3-2-5-15-6-4-9)10(17)7-18-8-11(12,13)14/h9,15H,2-8H2,1H3. The molecular formula is C11H19F3N2O2. The van der Waals surface area contributed by atoms with Crippen molar-refractivity contribution in [1.82, 2.24) is 10.2 Å². The number of likely N-dealkylation sites (N-methyl/N-ethyl adjacent to an activating group) is 1. The summed E-state index contributed by atoms with van der Waals surface area (Å²) in [5, 5.41) is 3.22. The summed E-state index contributed by atoms with van der Waals surface area (Å²) >= 11 is 0. The van der Waals surface area contributed by atoms with Crippen LogP contribution in [0.1, 0.15) is 19.3 Å². The van der Waals surface area contributed by atoms with Gasteiger partial charge in [0.2, 0.25) is 5.91 Å². The molecule has 4 nitrogen and oxygen atoms in total. The summed E-state index contributed by atoms with van der Waals surface area (Å²) in [7, 11) is 1.62. The van der Waals surface area contributed by atoms with Gasteiger partial charge in [0.15, 0.2) is 0 Å². The minimum Gasteiger partial charge on any atom is -0.362 e. The molecule has 0 radical (unpaired) electrons. The molecule has 1 fully saturated rings. The zero-order valence-electron chi connectivity index (χ0n) is 10.4. The van der Waals surface area contributed by atoms with Crippen LogP contribution in [0.3, 0.4) is 0 Å². The monoisotopic (exact) mass is 268 g/mol. The van der Waals surface area contributed by atoms with Gasteiger partial charge in [-0.3, -0.25) is 4.79 Å². The molecule has 1 atom stereocenters. The summed E-state index contributed by atoms with van der Waals surface area (Å²) in [6.07, 6.45) is -1.73. The lowest BCUT2D eigenvalue weighted by atomic mass is 10.1. The van der Waals surface area contributed by atoms with E-state index in [2.05, 4.69) is 10.1 Å². The number of ether oxygens (including phenoxy) is 1. The number of nitrogens with one attached hydrogen (secondary N) is 1. The van der Waals surface area contributed by atoms with Crippen LogP contribution in [-0.2, 0) is 9.53 Å². The molecule has 1 amide bonds. The van der Waals surface area contributed by atoms with Gasteiger partial charge in [-0.05, 0) is 32.4 Å². The molecular weight excluding hydrogens is 249 g/mol. The van der Waals surface area contributed by atoms with Gasteiger partial charge in [-0.1, -0.05) is 0 Å². The van der Waals surface area contributed by atoms with Crippen molar-refractivity contribution in [3.8, 4) is 0 Å². The van der Waals surface area contributed by atoms with Gasteiger partial charge in [0, 0.05) is 13.1 Å². The fraction of sp³-hybridized carbons (Fsp3) is 0.909. The molecule has 0 bridgehead atoms. The summed E-state index contributed by atoms with van der Waals surface area (Å²) in [6.45, 7) is -0.145. The predicted octanol–water partition coefficient (Wildman–Crippen LogP) is 1.17. The molecule has 1 rings (SSSR count). The summed E-state index contributed by atoms with van der Waals surface area (Å²) in [6, 6.07) is 0.0852. The molecule has 106 valence electrons. The summed E-state index contributed by atoms with van der Waals surface area (Å²) in [5.41, 5.74) is 0. The molecule has 1 saturated heterocycles. The Morgan fingerprint density at radius 3 is 2.78 bits per heavy atom. The lowest BCUT2D eigenvalue weighted by molar-refractivity contribution is -0.178. The van der Waals surface area contributed by atoms with Gasteiger partial charge in [0.1, 0.15) is 13.2 Å². The molecule has 0 aliphatic carbocycles. The Balaban J connectivity index is 2.31. The SMILES string of the molecule is CN(C(=O)COCC(F)(F)F)C1CCCNCC1. The van der Waals surface area contributed by atoms with E-state index in [9.17, 15) is 18.0 Å². The number of rotatable bonds is 4. The van der Waals surface area contributed by atoms with E-state index in [4.69, 9.17) is 0 Å². The van der Waals surface area contributed by atoms with E-state index in [1.807, 2.05) is 0 Å². The van der Waals surface area contributed by atoms with E-state index in [0.717, 1.165) is 32.4 Å². The highest BCUT2D eigenvalue weighted by Gasteiger charge is 2.28. The second-order valence-corrected chi connectivity index (χ2v) is 4.45. The van der Waals surface area contributed by atoms with Crippen molar-refractivity contribution in [2.45, 2.75) is 31.5 Å². The van der Waals surface area contributed by atoms with Crippen LogP contribution < -0.4 is 5.32 Å². The zero-order chi connectivity index (χ0) is 13.6. The van der Waals surface area contributed by atoms with Crippen molar-refractivity contribution >= 4 is 5.91 Å². The Morgan fingerprint density at radius 1 is 1.39 bits per heavy atom. The molecule has 0 aromatic rings. The highest BCUT2D eigenvalue weighted by molar-refractivity contribution is 5.77. The van der Waals surface area contributed by atoms with E-state index in [1.165, 1.54) is 4.90 Å². The van der Waals surface area contributed by atoms with Crippen LogP contribution in [0, 0.1) is 0 Å². The third kappa shape index (κ3) is 5.68. The molecule has 1 heterocycles. The minimum absolute atomic E-state index is 0.0852. The normalized spacial score (nSPS) is 21.4. The second-order valence-electron chi connectivity index (χ2n) is 4.45. The number of amides is 1. The van der Waals surface area contributed by atoms with Crippen LogP contribution in [0.4, 0.5) is 13.2 Å². The predicted molar refractivity (Wildman–Crippen MR) is 60.2 cm³/mol. The zero-order valence-corrected chi connectivity index (χ0v) is 10.4. The summed E-state index contributed by atoms with van der Waals surface area (Å²) in [5.74, 6) is -0.397. The number of carbonyl (C=O) groups is 1. The quantitative estimate of drug-likeness (QED) is 0.832. The lowest BCUT2D eigenvalue weighted by Gasteiger charge is -2.27. The maximum atomic E-state index is 11.9. The molecule has 18 heavy (non-hydrogen) atoms. The van der Waals surface area contributed by atoms with Gasteiger partial charge in [-0.25, -0.2) is 0 Å². The molecule has 0 saturated carbocycles. The smallest absolute Gasteiger partial charge is 0.362 e. The van der Waals surface area contributed by atoms with Crippen LogP contribution in [0.5, 0.6) is 0 Å². The van der Waals surface area contributed by atoms with Crippen molar-refractivity contribution < 1.29 is 22.7 Å². The average Bonchev–Trinajstić information content (AvgIpc) is 2.54. The number of carbonyl (C=O) groups excluding carboxylic acids is 1. The van der Waals surface area contributed by atoms with E-state index >= 15 is 0 Å². The summed E-state index contributed by atoms with van der Waals surface area (Å²) < 4.78 is 39.9. The summed E-state index contributed by atoms with van der Waals surface area (Å²) in [4.78, 5) is 13.2. The Morgan fingerprint density at radius 2 is 2.11 bits per heavy atom. The number of alkyl halides is 3. The fourth-order valence-corrected chi connectivity index (χ4v) is 1.95. The fourth-order valence-electron chi connectivity index (χ4n) is 1.95. The number of hydrogen-bond donors (Lipinski definition) is 1. The molecule has 7 heteroatoms.